The summed E-state index contributed by atoms with van der Waals surface area (Å²) >= 11 is 0.839. The molecule has 1 fully saturated rings. The zero-order valence-corrected chi connectivity index (χ0v) is 21.1. The lowest BCUT2D eigenvalue weighted by Gasteiger charge is -2.41. The van der Waals surface area contributed by atoms with Gasteiger partial charge in [-0.1, -0.05) is 25.6 Å². The minimum atomic E-state index is -0.934. The van der Waals surface area contributed by atoms with Gasteiger partial charge < -0.3 is 35.4 Å². The van der Waals surface area contributed by atoms with Gasteiger partial charge in [-0.25, -0.2) is 0 Å². The highest BCUT2D eigenvalue weighted by molar-refractivity contribution is 8.15. The van der Waals surface area contributed by atoms with Crippen molar-refractivity contribution in [2.75, 3.05) is 25.4 Å². The lowest BCUT2D eigenvalue weighted by molar-refractivity contribution is -0.261. The number of carbonyl (C=O) groups excluding carboxylic acids is 4. The molecule has 4 unspecified atom stereocenters. The highest BCUT2D eigenvalue weighted by Gasteiger charge is 2.43. The zero-order valence-electron chi connectivity index (χ0n) is 20.2. The molecule has 0 bridgehead atoms. The van der Waals surface area contributed by atoms with Crippen molar-refractivity contribution < 1.29 is 44.0 Å². The van der Waals surface area contributed by atoms with E-state index in [0.717, 1.165) is 11.8 Å². The molecule has 0 spiro atoms. The second kappa shape index (κ2) is 14.7. The summed E-state index contributed by atoms with van der Waals surface area (Å²) in [7, 11) is 0. The minimum absolute atomic E-state index is 0.0318. The first-order valence-corrected chi connectivity index (χ1v) is 12.3. The van der Waals surface area contributed by atoms with Crippen molar-refractivity contribution in [2.45, 2.75) is 84.1 Å². The quantitative estimate of drug-likeness (QED) is 0.153. The summed E-state index contributed by atoms with van der Waals surface area (Å²) in [6, 6.07) is 0. The fourth-order valence-electron chi connectivity index (χ4n) is 3.34. The van der Waals surface area contributed by atoms with Crippen LogP contribution in [-0.2, 0) is 28.7 Å². The molecule has 196 valence electrons. The minimum Gasteiger partial charge on any atom is -0.393 e. The van der Waals surface area contributed by atoms with Crippen molar-refractivity contribution in [3.05, 3.63) is 0 Å². The Kier molecular flexibility index (Phi) is 13.2. The number of ether oxygens (including phenoxy) is 2. The number of aliphatic hydroxyl groups excluding tert-OH is 3. The normalized spacial score (nSPS) is 22.3. The maximum absolute atomic E-state index is 12.7. The second-order valence-electron chi connectivity index (χ2n) is 9.19. The number of aliphatic hydroxyl groups is 3. The Bertz CT molecular complexity index is 702. The molecule has 1 rings (SSSR count). The summed E-state index contributed by atoms with van der Waals surface area (Å²) in [5, 5.41) is 34.1. The first-order valence-electron chi connectivity index (χ1n) is 11.3. The van der Waals surface area contributed by atoms with Crippen LogP contribution in [0, 0.1) is 5.41 Å². The number of hydrogen-bond donors (Lipinski definition) is 5. The van der Waals surface area contributed by atoms with Crippen molar-refractivity contribution in [2.24, 2.45) is 5.41 Å². The van der Waals surface area contributed by atoms with Gasteiger partial charge in [-0.05, 0) is 19.8 Å². The summed E-state index contributed by atoms with van der Waals surface area (Å²) in [5.41, 5.74) is -0.639. The lowest BCUT2D eigenvalue weighted by atomic mass is 9.85. The molecular weight excluding hydrogens is 468 g/mol. The Labute approximate surface area is 204 Å². The molecule has 0 aromatic carbocycles. The number of nitrogens with one attached hydrogen (secondary N) is 2. The third kappa shape index (κ3) is 11.7. The van der Waals surface area contributed by atoms with E-state index >= 15 is 0 Å². The van der Waals surface area contributed by atoms with E-state index in [1.807, 2.05) is 13.8 Å². The number of ketones is 1. The maximum Gasteiger partial charge on any atom is 0.254 e. The topological polar surface area (TPSA) is 171 Å². The van der Waals surface area contributed by atoms with Gasteiger partial charge in [0.15, 0.2) is 6.29 Å². The van der Waals surface area contributed by atoms with Crippen LogP contribution in [0.2, 0.25) is 0 Å². The van der Waals surface area contributed by atoms with Crippen molar-refractivity contribution in [3.8, 4) is 0 Å². The summed E-state index contributed by atoms with van der Waals surface area (Å²) < 4.78 is 11.4. The van der Waals surface area contributed by atoms with Crippen LogP contribution >= 0.6 is 11.8 Å². The molecule has 1 aliphatic heterocycles. The van der Waals surface area contributed by atoms with Gasteiger partial charge in [0.2, 0.25) is 17.6 Å². The summed E-state index contributed by atoms with van der Waals surface area (Å²) in [6.07, 6.45) is -3.91. The number of amides is 2. The Morgan fingerprint density at radius 3 is 2.35 bits per heavy atom. The van der Waals surface area contributed by atoms with Crippen LogP contribution in [0.25, 0.3) is 0 Å². The first kappa shape index (κ1) is 30.5. The molecule has 1 heterocycles. The van der Waals surface area contributed by atoms with Crippen molar-refractivity contribution in [1.82, 2.24) is 10.6 Å². The fourth-order valence-corrected chi connectivity index (χ4v) is 3.93. The van der Waals surface area contributed by atoms with Gasteiger partial charge in [0.1, 0.15) is 6.10 Å². The third-order valence-corrected chi connectivity index (χ3v) is 6.05. The van der Waals surface area contributed by atoms with Gasteiger partial charge in [-0.15, -0.1) is 0 Å². The van der Waals surface area contributed by atoms with E-state index in [2.05, 4.69) is 10.6 Å². The first-order chi connectivity index (χ1) is 15.8. The zero-order chi connectivity index (χ0) is 25.9. The van der Waals surface area contributed by atoms with Crippen LogP contribution < -0.4 is 10.6 Å². The van der Waals surface area contributed by atoms with Crippen LogP contribution in [0.1, 0.15) is 53.4 Å². The number of rotatable bonds is 14. The number of Topliss-reactive ketones (excluding diaryl/α,β-unsaturated/α-hetero) is 1. The van der Waals surface area contributed by atoms with Gasteiger partial charge in [0.25, 0.3) is 5.12 Å². The van der Waals surface area contributed by atoms with Gasteiger partial charge in [-0.3, -0.25) is 19.2 Å². The molecule has 5 atom stereocenters. The molecule has 12 heteroatoms. The molecule has 1 saturated heterocycles. The van der Waals surface area contributed by atoms with Gasteiger partial charge in [0.05, 0.1) is 24.9 Å². The van der Waals surface area contributed by atoms with Gasteiger partial charge in [0, 0.05) is 44.0 Å². The van der Waals surface area contributed by atoms with Crippen LogP contribution in [0.5, 0.6) is 0 Å². The lowest BCUT2D eigenvalue weighted by Crippen LogP contribution is -2.54. The van der Waals surface area contributed by atoms with E-state index in [4.69, 9.17) is 9.47 Å². The van der Waals surface area contributed by atoms with E-state index in [9.17, 15) is 34.5 Å². The third-order valence-electron chi connectivity index (χ3n) is 5.10. The molecule has 0 aliphatic carbocycles. The highest BCUT2D eigenvalue weighted by atomic mass is 32.2. The van der Waals surface area contributed by atoms with E-state index in [1.165, 1.54) is 6.92 Å². The van der Waals surface area contributed by atoms with E-state index in [0.29, 0.717) is 0 Å². The molecule has 0 saturated carbocycles. The van der Waals surface area contributed by atoms with Crippen LogP contribution in [0.15, 0.2) is 0 Å². The monoisotopic (exact) mass is 506 g/mol. The average Bonchev–Trinajstić information content (AvgIpc) is 2.71. The van der Waals surface area contributed by atoms with Crippen molar-refractivity contribution >= 4 is 34.5 Å². The predicted molar refractivity (Wildman–Crippen MR) is 125 cm³/mol. The Morgan fingerprint density at radius 2 is 1.74 bits per heavy atom. The average molecular weight is 507 g/mol. The molecule has 0 aromatic rings. The molecule has 1 aliphatic rings. The fraction of sp³-hybridized carbons (Fsp3) is 0.818. The van der Waals surface area contributed by atoms with Gasteiger partial charge in [-0.2, -0.15) is 0 Å². The standard InChI is InChI=1S/C22H38N2O9S/c1-13(25)9-15(27)10-16(28)11-18-32-12-22(3,4)19(33-18)20(30)24-6-5-17(29)23-7-8-34-21(31)14(2)26/h13,15-16,18-19,25,27-28H,5-12H2,1-4H3,(H,23,29)(H,24,30)/t13?,15?,16?,18?,19-/m0/s1. The Morgan fingerprint density at radius 1 is 1.06 bits per heavy atom. The summed E-state index contributed by atoms with van der Waals surface area (Å²) in [5.74, 6) is -0.968. The number of hydrogen-bond acceptors (Lipinski definition) is 10. The number of carbonyl (C=O) groups is 4. The molecule has 34 heavy (non-hydrogen) atoms. The summed E-state index contributed by atoms with van der Waals surface area (Å²) in [4.78, 5) is 46.7. The SMILES string of the molecule is CC(=O)C(=O)SCCNC(=O)CCNC(=O)[C@@H]1OC(CC(O)CC(O)CC(C)O)OCC1(C)C. The van der Waals surface area contributed by atoms with Crippen molar-refractivity contribution in [3.63, 3.8) is 0 Å². The second-order valence-corrected chi connectivity index (χ2v) is 10.3. The number of thioether (sulfide) groups is 1. The smallest absolute Gasteiger partial charge is 0.254 e. The molecule has 0 aromatic heterocycles. The van der Waals surface area contributed by atoms with Crippen molar-refractivity contribution in [1.29, 1.82) is 0 Å². The van der Waals surface area contributed by atoms with E-state index in [1.54, 1.807) is 6.92 Å². The van der Waals surface area contributed by atoms with Crippen LogP contribution in [-0.4, -0.2) is 94.2 Å². The Hall–Kier alpha value is -1.57. The van der Waals surface area contributed by atoms with E-state index < -0.39 is 52.9 Å². The molecular formula is C22H38N2O9S. The molecule has 0 radical (unpaired) electrons. The van der Waals surface area contributed by atoms with Gasteiger partial charge >= 0.3 is 0 Å². The predicted octanol–water partition coefficient (Wildman–Crippen LogP) is -0.502. The van der Waals surface area contributed by atoms with Crippen LogP contribution in [0.3, 0.4) is 0 Å². The molecule has 2 amide bonds. The largest absolute Gasteiger partial charge is 0.393 e. The Balaban J connectivity index is 2.41. The summed E-state index contributed by atoms with van der Waals surface area (Å²) in [6.45, 7) is 6.88. The van der Waals surface area contributed by atoms with E-state index in [-0.39, 0.29) is 57.0 Å². The van der Waals surface area contributed by atoms with Crippen LogP contribution in [0.4, 0.5) is 0 Å². The molecule has 5 N–H and O–H groups in total. The highest BCUT2D eigenvalue weighted by Crippen LogP contribution is 2.32. The maximum atomic E-state index is 12.7. The molecule has 11 nitrogen and oxygen atoms in total.